The zero-order chi connectivity index (χ0) is 19.2. The zero-order valence-corrected chi connectivity index (χ0v) is 19.1. The largest absolute Gasteiger partial charge is 0.244 e. The number of hydrogen-bond donors (Lipinski definition) is 0. The summed E-state index contributed by atoms with van der Waals surface area (Å²) < 4.78 is 5.09. The number of hydrogen-bond acceptors (Lipinski definition) is 4. The molecule has 0 fully saturated rings. The Labute approximate surface area is 175 Å². The van der Waals surface area contributed by atoms with E-state index >= 15 is 0 Å². The van der Waals surface area contributed by atoms with Gasteiger partial charge in [-0.25, -0.2) is 9.29 Å². The van der Waals surface area contributed by atoms with E-state index in [4.69, 9.17) is 4.98 Å². The highest BCUT2D eigenvalue weighted by Crippen LogP contribution is 2.32. The van der Waals surface area contributed by atoms with Crippen molar-refractivity contribution in [3.05, 3.63) is 24.3 Å². The molecule has 0 N–H and O–H groups in total. The van der Waals surface area contributed by atoms with Gasteiger partial charge in [0.1, 0.15) is 0 Å². The van der Waals surface area contributed by atoms with Crippen molar-refractivity contribution in [3.63, 3.8) is 0 Å². The molecule has 2 rings (SSSR count). The molecule has 2 aromatic rings. The SMILES string of the molecule is CCCCCCCCN(CCCCCCCC)Sc1nc2ccccc2s1. The molecule has 0 aliphatic rings. The van der Waals surface area contributed by atoms with E-state index in [0.717, 1.165) is 5.52 Å². The van der Waals surface area contributed by atoms with Gasteiger partial charge in [0.25, 0.3) is 0 Å². The monoisotopic (exact) mass is 406 g/mol. The first-order chi connectivity index (χ1) is 13.3. The van der Waals surface area contributed by atoms with Gasteiger partial charge >= 0.3 is 0 Å². The lowest BCUT2D eigenvalue weighted by molar-refractivity contribution is 0.424. The van der Waals surface area contributed by atoms with Crippen molar-refractivity contribution in [1.29, 1.82) is 0 Å². The fraction of sp³-hybridized carbons (Fsp3) is 0.696. The van der Waals surface area contributed by atoms with E-state index in [-0.39, 0.29) is 0 Å². The number of aromatic nitrogens is 1. The summed E-state index contributed by atoms with van der Waals surface area (Å²) in [7, 11) is 0. The fourth-order valence-corrected chi connectivity index (χ4v) is 5.57. The van der Waals surface area contributed by atoms with Crippen LogP contribution in [0.5, 0.6) is 0 Å². The third-order valence-corrected chi connectivity index (χ3v) is 7.18. The lowest BCUT2D eigenvalue weighted by Crippen LogP contribution is -2.18. The van der Waals surface area contributed by atoms with Gasteiger partial charge in [-0.1, -0.05) is 90.2 Å². The second-order valence-corrected chi connectivity index (χ2v) is 9.88. The maximum absolute atomic E-state index is 4.83. The third-order valence-electron chi connectivity index (χ3n) is 5.00. The Morgan fingerprint density at radius 1 is 0.778 bits per heavy atom. The molecule has 152 valence electrons. The van der Waals surface area contributed by atoms with E-state index in [2.05, 4.69) is 42.4 Å². The van der Waals surface area contributed by atoms with Crippen LogP contribution in [0.15, 0.2) is 28.6 Å². The minimum Gasteiger partial charge on any atom is -0.244 e. The van der Waals surface area contributed by atoms with Crippen molar-refractivity contribution in [2.45, 2.75) is 95.2 Å². The number of benzene rings is 1. The van der Waals surface area contributed by atoms with Crippen LogP contribution in [-0.4, -0.2) is 22.4 Å². The first kappa shape index (κ1) is 22.7. The van der Waals surface area contributed by atoms with E-state index < -0.39 is 0 Å². The smallest absolute Gasteiger partial charge is 0.166 e. The van der Waals surface area contributed by atoms with Gasteiger partial charge in [-0.05, 0) is 36.9 Å². The molecule has 2 nitrogen and oxygen atoms in total. The van der Waals surface area contributed by atoms with Gasteiger partial charge in [-0.2, -0.15) is 0 Å². The first-order valence-corrected chi connectivity index (χ1v) is 12.7. The molecule has 0 amide bonds. The van der Waals surface area contributed by atoms with Crippen molar-refractivity contribution >= 4 is 33.5 Å². The molecule has 1 aromatic carbocycles. The van der Waals surface area contributed by atoms with Crippen molar-refractivity contribution < 1.29 is 0 Å². The van der Waals surface area contributed by atoms with Crippen LogP contribution in [0.2, 0.25) is 0 Å². The molecule has 0 saturated carbocycles. The Kier molecular flexibility index (Phi) is 12.1. The van der Waals surface area contributed by atoms with Gasteiger partial charge in [0.15, 0.2) is 4.34 Å². The van der Waals surface area contributed by atoms with Crippen LogP contribution in [0.25, 0.3) is 10.2 Å². The van der Waals surface area contributed by atoms with Gasteiger partial charge in [-0.15, -0.1) is 11.3 Å². The van der Waals surface area contributed by atoms with Crippen molar-refractivity contribution in [2.75, 3.05) is 13.1 Å². The summed E-state index contributed by atoms with van der Waals surface area (Å²) in [5.74, 6) is 0. The Morgan fingerprint density at radius 2 is 1.33 bits per heavy atom. The highest BCUT2D eigenvalue weighted by Gasteiger charge is 2.11. The van der Waals surface area contributed by atoms with E-state index in [1.807, 2.05) is 23.3 Å². The first-order valence-electron chi connectivity index (χ1n) is 11.1. The lowest BCUT2D eigenvalue weighted by atomic mass is 10.1. The van der Waals surface area contributed by atoms with Crippen LogP contribution < -0.4 is 0 Å². The molecule has 0 radical (unpaired) electrons. The number of nitrogens with zero attached hydrogens (tertiary/aromatic N) is 2. The molecule has 0 bridgehead atoms. The summed E-state index contributed by atoms with van der Waals surface area (Å²) in [6, 6.07) is 8.50. The normalized spacial score (nSPS) is 11.7. The van der Waals surface area contributed by atoms with E-state index in [0.29, 0.717) is 0 Å². The molecule has 0 atom stereocenters. The van der Waals surface area contributed by atoms with Gasteiger partial charge in [0, 0.05) is 13.1 Å². The Bertz CT molecular complexity index is 562. The second-order valence-electron chi connectivity index (χ2n) is 7.50. The molecule has 0 spiro atoms. The molecule has 27 heavy (non-hydrogen) atoms. The van der Waals surface area contributed by atoms with Gasteiger partial charge in [-0.3, -0.25) is 0 Å². The zero-order valence-electron chi connectivity index (χ0n) is 17.4. The summed E-state index contributed by atoms with van der Waals surface area (Å²) >= 11 is 3.73. The summed E-state index contributed by atoms with van der Waals surface area (Å²) in [6.45, 7) is 6.97. The summed E-state index contributed by atoms with van der Waals surface area (Å²) in [4.78, 5) is 4.83. The summed E-state index contributed by atoms with van der Waals surface area (Å²) in [5.41, 5.74) is 1.14. The molecular weight excluding hydrogens is 368 g/mol. The van der Waals surface area contributed by atoms with E-state index in [1.165, 1.54) is 99.2 Å². The Morgan fingerprint density at radius 3 is 1.93 bits per heavy atom. The molecule has 0 aliphatic heterocycles. The van der Waals surface area contributed by atoms with E-state index in [9.17, 15) is 0 Å². The van der Waals surface area contributed by atoms with Crippen LogP contribution in [-0.2, 0) is 0 Å². The number of para-hydroxylation sites is 1. The quantitative estimate of drug-likeness (QED) is 0.206. The highest BCUT2D eigenvalue weighted by atomic mass is 32.2. The number of rotatable bonds is 16. The van der Waals surface area contributed by atoms with Crippen LogP contribution in [0.4, 0.5) is 0 Å². The van der Waals surface area contributed by atoms with Gasteiger partial charge in [0.2, 0.25) is 0 Å². The van der Waals surface area contributed by atoms with Crippen LogP contribution in [0, 0.1) is 0 Å². The lowest BCUT2D eigenvalue weighted by Gasteiger charge is -2.19. The van der Waals surface area contributed by atoms with E-state index in [1.54, 1.807) is 0 Å². The molecular formula is C23H38N2S2. The summed E-state index contributed by atoms with van der Waals surface area (Å²) in [5, 5.41) is 0. The fourth-order valence-electron chi connectivity index (χ4n) is 3.34. The number of fused-ring (bicyclic) bond motifs is 1. The Hall–Kier alpha value is -0.580. The van der Waals surface area contributed by atoms with Crippen molar-refractivity contribution in [3.8, 4) is 0 Å². The number of unbranched alkanes of at least 4 members (excludes halogenated alkanes) is 10. The highest BCUT2D eigenvalue weighted by molar-refractivity contribution is 7.98. The van der Waals surface area contributed by atoms with Crippen LogP contribution in [0.1, 0.15) is 90.9 Å². The predicted molar refractivity (Wildman–Crippen MR) is 124 cm³/mol. The Balaban J connectivity index is 1.78. The maximum Gasteiger partial charge on any atom is 0.166 e. The van der Waals surface area contributed by atoms with Crippen LogP contribution in [0.3, 0.4) is 0 Å². The number of thiazole rings is 1. The average Bonchev–Trinajstić information content (AvgIpc) is 3.09. The minimum atomic E-state index is 1.14. The predicted octanol–water partition coefficient (Wildman–Crippen LogP) is 8.33. The van der Waals surface area contributed by atoms with Gasteiger partial charge < -0.3 is 0 Å². The summed E-state index contributed by atoms with van der Waals surface area (Å²) in [6.07, 6.45) is 16.4. The molecule has 0 saturated heterocycles. The third kappa shape index (κ3) is 9.45. The molecule has 0 aliphatic carbocycles. The second kappa shape index (κ2) is 14.4. The van der Waals surface area contributed by atoms with Crippen molar-refractivity contribution in [2.24, 2.45) is 0 Å². The van der Waals surface area contributed by atoms with Crippen molar-refractivity contribution in [1.82, 2.24) is 9.29 Å². The maximum atomic E-state index is 4.83. The minimum absolute atomic E-state index is 1.14. The van der Waals surface area contributed by atoms with Gasteiger partial charge in [0.05, 0.1) is 10.2 Å². The topological polar surface area (TPSA) is 16.1 Å². The molecule has 0 unspecified atom stereocenters. The van der Waals surface area contributed by atoms with Crippen LogP contribution >= 0.6 is 23.3 Å². The average molecular weight is 407 g/mol. The molecule has 1 heterocycles. The molecule has 1 aromatic heterocycles. The molecule has 4 heteroatoms. The standard InChI is InChI=1S/C23H38N2S2/c1-3-5-7-9-11-15-19-25(20-16-12-10-8-6-4-2)27-23-24-21-17-13-14-18-22(21)26-23/h13-14,17-18H,3-12,15-16,19-20H2,1-2H3.